The van der Waals surface area contributed by atoms with E-state index in [-0.39, 0.29) is 24.0 Å². The van der Waals surface area contributed by atoms with E-state index in [4.69, 9.17) is 26.1 Å². The maximum absolute atomic E-state index is 6.08. The van der Waals surface area contributed by atoms with Crippen LogP contribution in [0.3, 0.4) is 0 Å². The van der Waals surface area contributed by atoms with Crippen molar-refractivity contribution in [1.82, 2.24) is 10.2 Å². The Morgan fingerprint density at radius 1 is 1.31 bits per heavy atom. The zero-order chi connectivity index (χ0) is 17.4. The molecule has 4 rings (SSSR count). The van der Waals surface area contributed by atoms with Crippen molar-refractivity contribution < 1.29 is 9.47 Å². The highest BCUT2D eigenvalue weighted by Gasteiger charge is 2.53. The second kappa shape index (κ2) is 8.52. The number of hydrogen-bond acceptors (Lipinski definition) is 3. The van der Waals surface area contributed by atoms with Gasteiger partial charge in [-0.25, -0.2) is 4.99 Å². The van der Waals surface area contributed by atoms with Gasteiger partial charge in [0.25, 0.3) is 0 Å². The molecule has 1 aromatic rings. The molecular weight excluding hydrogens is 465 g/mol. The van der Waals surface area contributed by atoms with Crippen molar-refractivity contribution in [2.75, 3.05) is 26.7 Å². The van der Waals surface area contributed by atoms with Crippen LogP contribution in [0.25, 0.3) is 0 Å². The summed E-state index contributed by atoms with van der Waals surface area (Å²) in [5.74, 6) is 3.13. The van der Waals surface area contributed by atoms with Crippen LogP contribution in [0.15, 0.2) is 23.2 Å². The van der Waals surface area contributed by atoms with Crippen molar-refractivity contribution in [3.63, 3.8) is 0 Å². The number of benzene rings is 1. The molecule has 3 heterocycles. The molecule has 0 amide bonds. The largest absolute Gasteiger partial charge is 0.496 e. The maximum Gasteiger partial charge on any atom is 0.194 e. The summed E-state index contributed by atoms with van der Waals surface area (Å²) in [7, 11) is 1.67. The third-order valence-corrected chi connectivity index (χ3v) is 5.97. The quantitative estimate of drug-likeness (QED) is 0.398. The first-order valence-corrected chi connectivity index (χ1v) is 9.58. The van der Waals surface area contributed by atoms with Gasteiger partial charge in [-0.15, -0.1) is 24.0 Å². The predicted octanol–water partition coefficient (Wildman–Crippen LogP) is 3.54. The standard InChI is InChI=1S/C19H26ClN3O2.HI/c1-3-21-19(22-9-12-4-5-13(20)8-18(12)24-2)23-10-14-15(11-23)17-7-6-16(14)25-17;/h4-5,8,14-17H,3,6-7,9-11H2,1-2H3,(H,21,22);1H. The molecule has 0 aromatic heterocycles. The molecule has 7 heteroatoms. The second-order valence-corrected chi connectivity index (χ2v) is 7.59. The topological polar surface area (TPSA) is 46.1 Å². The number of aliphatic imine (C=N–C) groups is 1. The zero-order valence-corrected chi connectivity index (χ0v) is 18.4. The lowest BCUT2D eigenvalue weighted by molar-refractivity contribution is 0.0767. The third-order valence-electron chi connectivity index (χ3n) is 5.74. The van der Waals surface area contributed by atoms with E-state index in [1.54, 1.807) is 7.11 Å². The molecule has 3 aliphatic rings. The van der Waals surface area contributed by atoms with E-state index in [2.05, 4.69) is 17.1 Å². The summed E-state index contributed by atoms with van der Waals surface area (Å²) < 4.78 is 11.5. The van der Waals surface area contributed by atoms with Gasteiger partial charge in [0.1, 0.15) is 5.75 Å². The first kappa shape index (κ1) is 20.0. The minimum absolute atomic E-state index is 0. The Labute approximate surface area is 177 Å². The van der Waals surface area contributed by atoms with Gasteiger partial charge in [0.2, 0.25) is 0 Å². The van der Waals surface area contributed by atoms with E-state index in [1.807, 2.05) is 18.2 Å². The molecule has 5 nitrogen and oxygen atoms in total. The van der Waals surface area contributed by atoms with Crippen molar-refractivity contribution in [3.05, 3.63) is 28.8 Å². The number of hydrogen-bond donors (Lipinski definition) is 1. The van der Waals surface area contributed by atoms with E-state index in [9.17, 15) is 0 Å². The highest BCUT2D eigenvalue weighted by Crippen LogP contribution is 2.47. The monoisotopic (exact) mass is 491 g/mol. The highest BCUT2D eigenvalue weighted by atomic mass is 127. The fraction of sp³-hybridized carbons (Fsp3) is 0.632. The van der Waals surface area contributed by atoms with Crippen molar-refractivity contribution >= 4 is 41.5 Å². The molecule has 3 fully saturated rings. The lowest BCUT2D eigenvalue weighted by Gasteiger charge is -2.23. The average Bonchev–Trinajstić information content (AvgIpc) is 3.31. The molecule has 0 radical (unpaired) electrons. The molecule has 3 saturated heterocycles. The highest BCUT2D eigenvalue weighted by molar-refractivity contribution is 14.0. The minimum Gasteiger partial charge on any atom is -0.496 e. The summed E-state index contributed by atoms with van der Waals surface area (Å²) in [6.07, 6.45) is 3.41. The summed E-state index contributed by atoms with van der Waals surface area (Å²) in [6.45, 7) is 5.66. The van der Waals surface area contributed by atoms with Gasteiger partial charge in [-0.2, -0.15) is 0 Å². The number of likely N-dealkylation sites (tertiary alicyclic amines) is 1. The molecule has 0 aliphatic carbocycles. The molecule has 4 unspecified atom stereocenters. The first-order chi connectivity index (χ1) is 12.2. The molecule has 4 atom stereocenters. The molecule has 0 spiro atoms. The van der Waals surface area contributed by atoms with E-state index in [0.717, 1.165) is 36.9 Å². The second-order valence-electron chi connectivity index (χ2n) is 7.15. The van der Waals surface area contributed by atoms with Gasteiger partial charge >= 0.3 is 0 Å². The Bertz CT molecular complexity index is 654. The van der Waals surface area contributed by atoms with E-state index in [0.29, 0.717) is 35.6 Å². The lowest BCUT2D eigenvalue weighted by atomic mass is 9.82. The number of nitrogens with zero attached hydrogens (tertiary/aromatic N) is 2. The van der Waals surface area contributed by atoms with Crippen LogP contribution in [0.2, 0.25) is 5.02 Å². The molecule has 3 aliphatic heterocycles. The third kappa shape index (κ3) is 3.78. The van der Waals surface area contributed by atoms with Crippen LogP contribution in [0.4, 0.5) is 0 Å². The number of guanidine groups is 1. The van der Waals surface area contributed by atoms with E-state index < -0.39 is 0 Å². The van der Waals surface area contributed by atoms with Gasteiger partial charge in [-0.05, 0) is 31.9 Å². The lowest BCUT2D eigenvalue weighted by Crippen LogP contribution is -2.41. The SMILES string of the molecule is CCNC(=NCc1ccc(Cl)cc1OC)N1CC2C3CCC(O3)C2C1.I. The molecule has 1 aromatic carbocycles. The van der Waals surface area contributed by atoms with Crippen LogP contribution in [-0.4, -0.2) is 49.8 Å². The number of methoxy groups -OCH3 is 1. The molecule has 0 saturated carbocycles. The fourth-order valence-corrected chi connectivity index (χ4v) is 4.73. The van der Waals surface area contributed by atoms with Crippen molar-refractivity contribution in [2.24, 2.45) is 16.8 Å². The van der Waals surface area contributed by atoms with Crippen molar-refractivity contribution in [3.8, 4) is 5.75 Å². The van der Waals surface area contributed by atoms with Crippen molar-refractivity contribution in [1.29, 1.82) is 0 Å². The van der Waals surface area contributed by atoms with Gasteiger partial charge in [0, 0.05) is 42.1 Å². The Hall–Kier alpha value is -0.730. The zero-order valence-electron chi connectivity index (χ0n) is 15.3. The summed E-state index contributed by atoms with van der Waals surface area (Å²) in [6, 6.07) is 5.72. The van der Waals surface area contributed by atoms with Crippen LogP contribution < -0.4 is 10.1 Å². The van der Waals surface area contributed by atoms with Crippen LogP contribution in [0.1, 0.15) is 25.3 Å². The number of nitrogens with one attached hydrogen (secondary N) is 1. The predicted molar refractivity (Wildman–Crippen MR) is 115 cm³/mol. The van der Waals surface area contributed by atoms with Gasteiger partial charge in [-0.1, -0.05) is 17.7 Å². The Balaban J connectivity index is 0.00000196. The number of ether oxygens (including phenoxy) is 2. The summed E-state index contributed by atoms with van der Waals surface area (Å²) in [5, 5.41) is 4.13. The molecule has 26 heavy (non-hydrogen) atoms. The normalized spacial score (nSPS) is 29.5. The number of rotatable bonds is 4. The summed E-state index contributed by atoms with van der Waals surface area (Å²) in [5.41, 5.74) is 1.05. The minimum atomic E-state index is 0. The smallest absolute Gasteiger partial charge is 0.194 e. The van der Waals surface area contributed by atoms with Crippen LogP contribution in [0, 0.1) is 11.8 Å². The van der Waals surface area contributed by atoms with Crippen molar-refractivity contribution in [2.45, 2.75) is 38.5 Å². The van der Waals surface area contributed by atoms with Gasteiger partial charge in [0.15, 0.2) is 5.96 Å². The van der Waals surface area contributed by atoms with Gasteiger partial charge in [0.05, 0.1) is 25.9 Å². The Morgan fingerprint density at radius 3 is 2.62 bits per heavy atom. The fourth-order valence-electron chi connectivity index (χ4n) is 4.57. The summed E-state index contributed by atoms with van der Waals surface area (Å²) >= 11 is 6.05. The van der Waals surface area contributed by atoms with Crippen LogP contribution in [-0.2, 0) is 11.3 Å². The van der Waals surface area contributed by atoms with Crippen LogP contribution in [0.5, 0.6) is 5.75 Å². The van der Waals surface area contributed by atoms with Crippen LogP contribution >= 0.6 is 35.6 Å². The molecule has 144 valence electrons. The maximum atomic E-state index is 6.08. The Morgan fingerprint density at radius 2 is 2.00 bits per heavy atom. The summed E-state index contributed by atoms with van der Waals surface area (Å²) in [4.78, 5) is 7.28. The number of fused-ring (bicyclic) bond motifs is 5. The average molecular weight is 492 g/mol. The molecule has 2 bridgehead atoms. The van der Waals surface area contributed by atoms with Gasteiger partial charge < -0.3 is 19.7 Å². The van der Waals surface area contributed by atoms with E-state index >= 15 is 0 Å². The molecule has 1 N–H and O–H groups in total. The van der Waals surface area contributed by atoms with E-state index in [1.165, 1.54) is 12.8 Å². The van der Waals surface area contributed by atoms with Gasteiger partial charge in [-0.3, -0.25) is 0 Å². The number of halogens is 2. The Kier molecular flexibility index (Phi) is 6.56. The molecular formula is C19H27ClIN3O2. The first-order valence-electron chi connectivity index (χ1n) is 9.20.